The Bertz CT molecular complexity index is 990. The minimum absolute atomic E-state index is 0.175. The van der Waals surface area contributed by atoms with Crippen LogP contribution in [0, 0.1) is 11.8 Å². The number of thioether (sulfide) groups is 1. The van der Waals surface area contributed by atoms with Crippen LogP contribution in [0.4, 0.5) is 0 Å². The number of rotatable bonds is 2. The van der Waals surface area contributed by atoms with Gasteiger partial charge in [-0.05, 0) is 12.8 Å². The molecule has 9 heteroatoms. The van der Waals surface area contributed by atoms with Gasteiger partial charge in [-0.1, -0.05) is 37.1 Å². The van der Waals surface area contributed by atoms with Crippen molar-refractivity contribution in [2.75, 3.05) is 18.8 Å². The van der Waals surface area contributed by atoms with Crippen LogP contribution in [-0.2, 0) is 19.1 Å². The maximum absolute atomic E-state index is 12.3. The first-order valence-electron chi connectivity index (χ1n) is 11.3. The molecule has 1 aromatic rings. The Morgan fingerprint density at radius 1 is 1.03 bits per heavy atom. The number of hydrogen-bond acceptors (Lipinski definition) is 7. The fourth-order valence-corrected chi connectivity index (χ4v) is 6.23. The molecule has 0 radical (unpaired) electrons. The van der Waals surface area contributed by atoms with Gasteiger partial charge in [0, 0.05) is 41.6 Å². The van der Waals surface area contributed by atoms with Gasteiger partial charge in [0.25, 0.3) is 0 Å². The Hall–Kier alpha value is -2.65. The third-order valence-electron chi connectivity index (χ3n) is 6.83. The highest BCUT2D eigenvalue weighted by Gasteiger charge is 2.45. The van der Waals surface area contributed by atoms with Crippen LogP contribution >= 0.6 is 11.8 Å². The van der Waals surface area contributed by atoms with E-state index in [9.17, 15) is 24.3 Å². The van der Waals surface area contributed by atoms with E-state index in [2.05, 4.69) is 5.32 Å². The monoisotopic (exact) mass is 473 g/mol. The lowest BCUT2D eigenvalue weighted by molar-refractivity contribution is -0.667. The summed E-state index contributed by atoms with van der Waals surface area (Å²) in [7, 11) is 0. The van der Waals surface area contributed by atoms with Crippen molar-refractivity contribution in [3.63, 3.8) is 0 Å². The highest BCUT2D eigenvalue weighted by atomic mass is 32.2. The molecule has 1 saturated carbocycles. The number of aliphatic carboxylic acids is 2. The minimum atomic E-state index is -1.22. The van der Waals surface area contributed by atoms with Crippen LogP contribution in [0.3, 0.4) is 0 Å². The summed E-state index contributed by atoms with van der Waals surface area (Å²) in [6, 6.07) is 7.26. The number of Topliss-reactive ketones (excluding diaryl/α,β-unsaturated/α-hetero) is 2. The van der Waals surface area contributed by atoms with Crippen molar-refractivity contribution in [2.24, 2.45) is 11.8 Å². The maximum atomic E-state index is 12.3. The molecule has 2 atom stereocenters. The van der Waals surface area contributed by atoms with Gasteiger partial charge in [-0.3, -0.25) is 14.4 Å². The first kappa shape index (κ1) is 23.5. The predicted octanol–water partition coefficient (Wildman–Crippen LogP) is 0.607. The molecule has 1 saturated heterocycles. The molecule has 1 aromatic carbocycles. The second-order valence-electron chi connectivity index (χ2n) is 8.96. The summed E-state index contributed by atoms with van der Waals surface area (Å²) in [4.78, 5) is 46.0. The fourth-order valence-electron chi connectivity index (χ4n) is 4.97. The number of ketones is 2. The Morgan fingerprint density at radius 2 is 1.67 bits per heavy atom. The Kier molecular flexibility index (Phi) is 6.90. The predicted molar refractivity (Wildman–Crippen MR) is 118 cm³/mol. The van der Waals surface area contributed by atoms with Crippen molar-refractivity contribution in [1.82, 2.24) is 0 Å². The molecule has 1 spiro atoms. The number of hydrogen-bond donors (Lipinski definition) is 2. The van der Waals surface area contributed by atoms with Gasteiger partial charge in [0.05, 0.1) is 19.0 Å². The Labute approximate surface area is 195 Å². The molecule has 0 aromatic heterocycles. The van der Waals surface area contributed by atoms with Crippen molar-refractivity contribution in [3.8, 4) is 0 Å². The first-order chi connectivity index (χ1) is 15.8. The van der Waals surface area contributed by atoms with Crippen LogP contribution in [-0.4, -0.2) is 53.1 Å². The number of carbonyl (C=O) groups excluding carboxylic acids is 3. The van der Waals surface area contributed by atoms with Crippen LogP contribution in [0.25, 0.3) is 5.76 Å². The third kappa shape index (κ3) is 4.70. The number of carbonyl (C=O) groups is 4. The van der Waals surface area contributed by atoms with Crippen molar-refractivity contribution < 1.29 is 39.4 Å². The van der Waals surface area contributed by atoms with Gasteiger partial charge in [-0.15, -0.1) is 11.8 Å². The molecule has 5 rings (SSSR count). The van der Waals surface area contributed by atoms with Crippen LogP contribution in [0.15, 0.2) is 29.2 Å². The van der Waals surface area contributed by atoms with Gasteiger partial charge < -0.3 is 25.1 Å². The average molecular weight is 474 g/mol. The largest absolute Gasteiger partial charge is 0.550 e. The highest BCUT2D eigenvalue weighted by molar-refractivity contribution is 8.04. The van der Waals surface area contributed by atoms with Gasteiger partial charge in [0.1, 0.15) is 16.3 Å². The van der Waals surface area contributed by atoms with Crippen LogP contribution < -0.4 is 10.4 Å². The van der Waals surface area contributed by atoms with E-state index in [1.807, 2.05) is 12.1 Å². The molecule has 33 heavy (non-hydrogen) atoms. The van der Waals surface area contributed by atoms with E-state index >= 15 is 0 Å². The first-order valence-corrected chi connectivity index (χ1v) is 12.3. The zero-order chi connectivity index (χ0) is 23.6. The van der Waals surface area contributed by atoms with E-state index in [4.69, 9.17) is 9.84 Å². The lowest BCUT2D eigenvalue weighted by Crippen LogP contribution is -2.88. The smallest absolute Gasteiger partial charge is 0.307 e. The standard InChI is InChI=1S/C16H15NO3S.C8H12O4/c18-12-10-3-1-2-4-11(10)14-15(13(12)19)21-9-16(20-14)5-7-17-8-6-16;9-7(10)5-3-1-2-4-6(5)8(11)12/h1-4,17H,5-9H2;5-6H,1-4H2,(H,9,10)(H,11,12)/t;5-,6-/m.1/s1. The van der Waals surface area contributed by atoms with E-state index in [1.165, 1.54) is 11.8 Å². The number of nitrogens with two attached hydrogens (primary N) is 1. The summed E-state index contributed by atoms with van der Waals surface area (Å²) in [6.45, 7) is 2.11. The van der Waals surface area contributed by atoms with Crippen molar-refractivity contribution >= 4 is 41.0 Å². The zero-order valence-electron chi connectivity index (χ0n) is 18.2. The van der Waals surface area contributed by atoms with E-state index in [0.717, 1.165) is 50.1 Å². The van der Waals surface area contributed by atoms with Gasteiger partial charge >= 0.3 is 5.97 Å². The number of ether oxygens (including phenoxy) is 1. The number of piperidine rings is 1. The van der Waals surface area contributed by atoms with Crippen LogP contribution in [0.1, 0.15) is 54.4 Å². The molecule has 4 aliphatic rings. The van der Waals surface area contributed by atoms with E-state index < -0.39 is 35.3 Å². The number of fused-ring (bicyclic) bond motifs is 2. The lowest BCUT2D eigenvalue weighted by Gasteiger charge is -2.41. The molecule has 2 fully saturated rings. The quantitative estimate of drug-likeness (QED) is 0.596. The van der Waals surface area contributed by atoms with Gasteiger partial charge in [0.15, 0.2) is 0 Å². The molecular weight excluding hydrogens is 446 g/mol. The SMILES string of the molecule is O=C([O-])[C@@H]1CCCC[C@H]1C(=O)O.O=C1C(=O)c2ccccc2C2=C1SCC1(CC[NH2+]CC1)O2. The zero-order valence-corrected chi connectivity index (χ0v) is 19.0. The van der Waals surface area contributed by atoms with Crippen LogP contribution in [0.2, 0.25) is 0 Å². The lowest BCUT2D eigenvalue weighted by atomic mass is 9.79. The minimum Gasteiger partial charge on any atom is -0.550 e. The van der Waals surface area contributed by atoms with Crippen molar-refractivity contribution in [2.45, 2.75) is 44.1 Å². The summed E-state index contributed by atoms with van der Waals surface area (Å²) in [5, 5.41) is 21.5. The average Bonchev–Trinajstić information content (AvgIpc) is 2.83. The number of carboxylic acids is 2. The molecule has 0 amide bonds. The summed E-state index contributed by atoms with van der Waals surface area (Å²) in [6.07, 6.45) is 4.48. The summed E-state index contributed by atoms with van der Waals surface area (Å²) < 4.78 is 6.33. The summed E-state index contributed by atoms with van der Waals surface area (Å²) in [5.41, 5.74) is 1.07. The number of benzene rings is 1. The van der Waals surface area contributed by atoms with E-state index in [-0.39, 0.29) is 5.60 Å². The van der Waals surface area contributed by atoms with Gasteiger partial charge in [-0.2, -0.15) is 0 Å². The summed E-state index contributed by atoms with van der Waals surface area (Å²) >= 11 is 1.50. The summed E-state index contributed by atoms with van der Waals surface area (Å²) in [5.74, 6) is -3.17. The Balaban J connectivity index is 0.000000185. The maximum Gasteiger partial charge on any atom is 0.307 e. The van der Waals surface area contributed by atoms with Gasteiger partial charge in [-0.25, -0.2) is 0 Å². The van der Waals surface area contributed by atoms with Crippen molar-refractivity contribution in [1.29, 1.82) is 0 Å². The number of carboxylic acid groups (broad SMARTS) is 2. The topological polar surface area (TPSA) is 137 Å². The molecule has 8 nitrogen and oxygen atoms in total. The molecule has 2 aliphatic heterocycles. The van der Waals surface area contributed by atoms with E-state index in [1.54, 1.807) is 12.1 Å². The highest BCUT2D eigenvalue weighted by Crippen LogP contribution is 2.46. The van der Waals surface area contributed by atoms with E-state index in [0.29, 0.717) is 29.1 Å². The molecule has 3 N–H and O–H groups in total. The second-order valence-corrected chi connectivity index (χ2v) is 9.94. The van der Waals surface area contributed by atoms with Crippen molar-refractivity contribution in [3.05, 3.63) is 40.3 Å². The molecule has 2 heterocycles. The number of allylic oxidation sites excluding steroid dienone is 1. The normalized spacial score (nSPS) is 25.8. The molecule has 176 valence electrons. The van der Waals surface area contributed by atoms with Gasteiger partial charge in [0.2, 0.25) is 11.6 Å². The molecule has 2 aliphatic carbocycles. The number of quaternary nitrogens is 1. The van der Waals surface area contributed by atoms with Crippen LogP contribution in [0.5, 0.6) is 0 Å². The Morgan fingerprint density at radius 3 is 2.27 bits per heavy atom. The molecular formula is C24H27NO7S. The molecule has 0 unspecified atom stereocenters. The second kappa shape index (κ2) is 9.69. The molecule has 0 bridgehead atoms. The fraction of sp³-hybridized carbons (Fsp3) is 0.500. The third-order valence-corrected chi connectivity index (χ3v) is 8.16.